The van der Waals surface area contributed by atoms with Crippen molar-refractivity contribution in [1.29, 1.82) is 5.26 Å². The molecule has 2 heterocycles. The van der Waals surface area contributed by atoms with Crippen molar-refractivity contribution < 1.29 is 14.3 Å². The van der Waals surface area contributed by atoms with Crippen molar-refractivity contribution in [1.82, 2.24) is 14.8 Å². The molecule has 0 aliphatic heterocycles. The van der Waals surface area contributed by atoms with E-state index < -0.39 is 0 Å². The molecule has 0 unspecified atom stereocenters. The summed E-state index contributed by atoms with van der Waals surface area (Å²) in [5, 5.41) is 20.7. The molecule has 2 fully saturated rings. The lowest BCUT2D eigenvalue weighted by atomic mass is 10.1. The monoisotopic (exact) mass is 540 g/mol. The molecule has 6 rings (SSSR count). The summed E-state index contributed by atoms with van der Waals surface area (Å²) in [7, 11) is 0. The van der Waals surface area contributed by atoms with Gasteiger partial charge in [0.15, 0.2) is 5.13 Å². The SMILES string of the molecule is CC(C)(C)n1ncc(C(=O)Nc2cccc(Oc3ccc4nc(NC(=O)C5CC5)sc4c3C#N)c2)c1C1CC1. The standard InChI is InChI=1S/C29H28N6O3S/c1-29(2,3)35-24(16-7-8-16)21(15-31-35)27(37)32-18-5-4-6-19(13-18)38-23-12-11-22-25(20(23)14-30)39-28(33-22)34-26(36)17-9-10-17/h4-6,11-13,15-17H,7-10H2,1-3H3,(H,32,37)(H,33,34,36). The number of aromatic nitrogens is 3. The van der Waals surface area contributed by atoms with Gasteiger partial charge in [0.25, 0.3) is 5.91 Å². The van der Waals surface area contributed by atoms with Gasteiger partial charge in [-0.3, -0.25) is 14.3 Å². The summed E-state index contributed by atoms with van der Waals surface area (Å²) >= 11 is 1.26. The first kappa shape index (κ1) is 25.1. The van der Waals surface area contributed by atoms with E-state index in [2.05, 4.69) is 47.6 Å². The van der Waals surface area contributed by atoms with Crippen LogP contribution in [0.15, 0.2) is 42.6 Å². The molecule has 2 aliphatic carbocycles. The highest BCUT2D eigenvalue weighted by molar-refractivity contribution is 7.22. The van der Waals surface area contributed by atoms with Gasteiger partial charge in [0, 0.05) is 23.6 Å². The maximum atomic E-state index is 13.3. The van der Waals surface area contributed by atoms with Crippen LogP contribution >= 0.6 is 11.3 Å². The minimum atomic E-state index is -0.217. The van der Waals surface area contributed by atoms with Crippen LogP contribution in [-0.2, 0) is 10.3 Å². The number of nitriles is 1. The van der Waals surface area contributed by atoms with Crippen molar-refractivity contribution in [2.45, 2.75) is 57.9 Å². The van der Waals surface area contributed by atoms with E-state index in [0.29, 0.717) is 49.6 Å². The van der Waals surface area contributed by atoms with Gasteiger partial charge in [-0.05, 0) is 70.7 Å². The number of benzene rings is 2. The minimum absolute atomic E-state index is 0.0297. The third-order valence-corrected chi connectivity index (χ3v) is 7.78. The largest absolute Gasteiger partial charge is 0.456 e. The van der Waals surface area contributed by atoms with E-state index in [1.54, 1.807) is 42.6 Å². The Morgan fingerprint density at radius 2 is 1.92 bits per heavy atom. The maximum Gasteiger partial charge on any atom is 0.259 e. The van der Waals surface area contributed by atoms with Crippen molar-refractivity contribution in [3.05, 3.63) is 59.4 Å². The fraction of sp³-hybridized carbons (Fsp3) is 0.345. The highest BCUT2D eigenvalue weighted by atomic mass is 32.1. The van der Waals surface area contributed by atoms with Crippen LogP contribution in [0.5, 0.6) is 11.5 Å². The van der Waals surface area contributed by atoms with Gasteiger partial charge in [-0.1, -0.05) is 17.4 Å². The average molecular weight is 541 g/mol. The molecule has 10 heteroatoms. The Bertz CT molecular complexity index is 1650. The summed E-state index contributed by atoms with van der Waals surface area (Å²) in [6.45, 7) is 6.25. The number of amides is 2. The average Bonchev–Trinajstić information content (AvgIpc) is 3.82. The number of anilines is 2. The van der Waals surface area contributed by atoms with Crippen molar-refractivity contribution in [2.75, 3.05) is 10.6 Å². The number of ether oxygens (including phenoxy) is 1. The van der Waals surface area contributed by atoms with E-state index >= 15 is 0 Å². The fourth-order valence-electron chi connectivity index (χ4n) is 4.55. The topological polar surface area (TPSA) is 122 Å². The number of hydrogen-bond donors (Lipinski definition) is 2. The van der Waals surface area contributed by atoms with Crippen LogP contribution in [-0.4, -0.2) is 26.6 Å². The summed E-state index contributed by atoms with van der Waals surface area (Å²) in [6, 6.07) is 12.8. The van der Waals surface area contributed by atoms with Crippen LogP contribution in [0.1, 0.15) is 74.0 Å². The van der Waals surface area contributed by atoms with Crippen LogP contribution in [0.2, 0.25) is 0 Å². The van der Waals surface area contributed by atoms with Gasteiger partial charge in [0.2, 0.25) is 5.91 Å². The number of nitrogens with one attached hydrogen (secondary N) is 2. The lowest BCUT2D eigenvalue weighted by molar-refractivity contribution is -0.117. The number of fused-ring (bicyclic) bond motifs is 1. The van der Waals surface area contributed by atoms with Gasteiger partial charge in [-0.25, -0.2) is 4.98 Å². The second-order valence-corrected chi connectivity index (χ2v) is 12.1. The molecule has 0 saturated heterocycles. The second-order valence-electron chi connectivity index (χ2n) is 11.1. The highest BCUT2D eigenvalue weighted by Gasteiger charge is 2.35. The lowest BCUT2D eigenvalue weighted by Crippen LogP contribution is -2.26. The predicted octanol–water partition coefficient (Wildman–Crippen LogP) is 6.39. The first-order valence-electron chi connectivity index (χ1n) is 13.0. The minimum Gasteiger partial charge on any atom is -0.456 e. The number of nitrogens with zero attached hydrogens (tertiary/aromatic N) is 4. The molecule has 198 valence electrons. The Morgan fingerprint density at radius 1 is 1.13 bits per heavy atom. The van der Waals surface area contributed by atoms with Gasteiger partial charge < -0.3 is 15.4 Å². The first-order valence-corrected chi connectivity index (χ1v) is 13.8. The molecule has 0 radical (unpaired) electrons. The summed E-state index contributed by atoms with van der Waals surface area (Å²) in [4.78, 5) is 29.9. The number of carbonyl (C=O) groups excluding carboxylic acids is 2. The molecule has 0 bridgehead atoms. The lowest BCUT2D eigenvalue weighted by Gasteiger charge is -2.23. The van der Waals surface area contributed by atoms with Crippen molar-refractivity contribution in [3.63, 3.8) is 0 Å². The molecule has 9 nitrogen and oxygen atoms in total. The maximum absolute atomic E-state index is 13.3. The third kappa shape index (κ3) is 5.10. The zero-order valence-corrected chi connectivity index (χ0v) is 22.8. The van der Waals surface area contributed by atoms with E-state index in [1.165, 1.54) is 11.3 Å². The van der Waals surface area contributed by atoms with E-state index in [-0.39, 0.29) is 23.3 Å². The molecular formula is C29H28N6O3S. The Kier molecular flexibility index (Phi) is 6.11. The number of thiazole rings is 1. The second kappa shape index (κ2) is 9.50. The molecule has 2 saturated carbocycles. The van der Waals surface area contributed by atoms with E-state index in [0.717, 1.165) is 31.4 Å². The quantitative estimate of drug-likeness (QED) is 0.280. The Balaban J connectivity index is 1.22. The van der Waals surface area contributed by atoms with Crippen LogP contribution in [0.25, 0.3) is 10.2 Å². The van der Waals surface area contributed by atoms with Crippen molar-refractivity contribution in [3.8, 4) is 17.6 Å². The molecule has 2 N–H and O–H groups in total. The van der Waals surface area contributed by atoms with Crippen LogP contribution in [0, 0.1) is 17.2 Å². The molecular weight excluding hydrogens is 512 g/mol. The molecule has 0 atom stereocenters. The van der Waals surface area contributed by atoms with Gasteiger partial charge in [-0.2, -0.15) is 10.4 Å². The van der Waals surface area contributed by atoms with Crippen molar-refractivity contribution in [2.24, 2.45) is 5.92 Å². The zero-order chi connectivity index (χ0) is 27.3. The van der Waals surface area contributed by atoms with Gasteiger partial charge in [0.1, 0.15) is 23.1 Å². The number of rotatable bonds is 7. The Morgan fingerprint density at radius 3 is 2.62 bits per heavy atom. The zero-order valence-electron chi connectivity index (χ0n) is 21.9. The molecule has 2 aromatic heterocycles. The first-order chi connectivity index (χ1) is 18.7. The summed E-state index contributed by atoms with van der Waals surface area (Å²) < 4.78 is 8.70. The van der Waals surface area contributed by atoms with E-state index in [9.17, 15) is 14.9 Å². The van der Waals surface area contributed by atoms with E-state index in [4.69, 9.17) is 4.74 Å². The Labute approximate surface area is 229 Å². The predicted molar refractivity (Wildman–Crippen MR) is 149 cm³/mol. The molecule has 4 aromatic rings. The fourth-order valence-corrected chi connectivity index (χ4v) is 5.51. The van der Waals surface area contributed by atoms with Gasteiger partial charge in [0.05, 0.1) is 33.2 Å². The highest BCUT2D eigenvalue weighted by Crippen LogP contribution is 2.43. The van der Waals surface area contributed by atoms with Gasteiger partial charge in [-0.15, -0.1) is 0 Å². The third-order valence-electron chi connectivity index (χ3n) is 6.78. The van der Waals surface area contributed by atoms with Crippen LogP contribution in [0.3, 0.4) is 0 Å². The van der Waals surface area contributed by atoms with Crippen LogP contribution in [0.4, 0.5) is 10.8 Å². The normalized spacial score (nSPS) is 15.1. The summed E-state index contributed by atoms with van der Waals surface area (Å²) in [6.07, 6.45) is 5.58. The Hall–Kier alpha value is -4.23. The summed E-state index contributed by atoms with van der Waals surface area (Å²) in [5.41, 5.74) is 2.90. The van der Waals surface area contributed by atoms with Gasteiger partial charge >= 0.3 is 0 Å². The number of hydrogen-bond acceptors (Lipinski definition) is 7. The molecule has 2 aliphatic rings. The number of carbonyl (C=O) groups is 2. The van der Waals surface area contributed by atoms with E-state index in [1.807, 2.05) is 4.68 Å². The van der Waals surface area contributed by atoms with Crippen LogP contribution < -0.4 is 15.4 Å². The smallest absolute Gasteiger partial charge is 0.259 e. The van der Waals surface area contributed by atoms with Crippen molar-refractivity contribution >= 4 is 44.2 Å². The molecule has 0 spiro atoms. The summed E-state index contributed by atoms with van der Waals surface area (Å²) in [5.74, 6) is 1.03. The molecule has 2 amide bonds. The molecule has 39 heavy (non-hydrogen) atoms. The molecule has 2 aromatic carbocycles.